The van der Waals surface area contributed by atoms with E-state index in [2.05, 4.69) is 23.8 Å². The van der Waals surface area contributed by atoms with E-state index in [1.807, 2.05) is 0 Å². The van der Waals surface area contributed by atoms with Gasteiger partial charge in [-0.3, -0.25) is 4.79 Å². The summed E-state index contributed by atoms with van der Waals surface area (Å²) in [4.78, 5) is 13.7. The molecule has 1 aromatic rings. The van der Waals surface area contributed by atoms with Crippen LogP contribution in [0.4, 0.5) is 0 Å². The van der Waals surface area contributed by atoms with Crippen molar-refractivity contribution in [3.8, 4) is 0 Å². The molecule has 0 radical (unpaired) electrons. The topological polar surface area (TPSA) is 52.3 Å². The van der Waals surface area contributed by atoms with Gasteiger partial charge in [0.25, 0.3) is 0 Å². The summed E-state index contributed by atoms with van der Waals surface area (Å²) in [5.41, 5.74) is 5.70. The average molecular weight is 241 g/mol. The number of ether oxygens (including phenoxy) is 1. The SMILES string of the molecule is CCCCc1ccc(CC(N)C(=O)OC)s1. The fourth-order valence-electron chi connectivity index (χ4n) is 1.47. The van der Waals surface area contributed by atoms with Gasteiger partial charge in [-0.05, 0) is 25.0 Å². The van der Waals surface area contributed by atoms with Crippen LogP contribution in [0.3, 0.4) is 0 Å². The summed E-state index contributed by atoms with van der Waals surface area (Å²) in [6.07, 6.45) is 4.11. The maximum Gasteiger partial charge on any atom is 0.323 e. The Hall–Kier alpha value is -0.870. The number of methoxy groups -OCH3 is 1. The standard InChI is InChI=1S/C12H19NO2S/c1-3-4-5-9-6-7-10(16-9)8-11(13)12(14)15-2/h6-7,11H,3-5,8,13H2,1-2H3. The van der Waals surface area contributed by atoms with Gasteiger partial charge in [0.1, 0.15) is 6.04 Å². The van der Waals surface area contributed by atoms with E-state index >= 15 is 0 Å². The fraction of sp³-hybridized carbons (Fsp3) is 0.583. The van der Waals surface area contributed by atoms with Crippen LogP contribution in [0.25, 0.3) is 0 Å². The number of aryl methyl sites for hydroxylation is 1. The minimum Gasteiger partial charge on any atom is -0.468 e. The molecule has 0 saturated carbocycles. The molecule has 1 aromatic heterocycles. The molecule has 4 heteroatoms. The van der Waals surface area contributed by atoms with E-state index in [-0.39, 0.29) is 5.97 Å². The highest BCUT2D eigenvalue weighted by Gasteiger charge is 2.15. The van der Waals surface area contributed by atoms with Gasteiger partial charge in [-0.2, -0.15) is 0 Å². The third-order valence-electron chi connectivity index (χ3n) is 2.42. The number of esters is 1. The quantitative estimate of drug-likeness (QED) is 0.776. The zero-order valence-corrected chi connectivity index (χ0v) is 10.7. The van der Waals surface area contributed by atoms with Crippen molar-refractivity contribution < 1.29 is 9.53 Å². The average Bonchev–Trinajstić information content (AvgIpc) is 2.72. The molecule has 0 bridgehead atoms. The molecule has 3 nitrogen and oxygen atoms in total. The summed E-state index contributed by atoms with van der Waals surface area (Å²) in [5, 5.41) is 0. The third-order valence-corrected chi connectivity index (χ3v) is 3.59. The van der Waals surface area contributed by atoms with Crippen molar-refractivity contribution in [3.05, 3.63) is 21.9 Å². The second-order valence-electron chi connectivity index (χ2n) is 3.81. The predicted octanol–water partition coefficient (Wildman–Crippen LogP) is 2.13. The highest BCUT2D eigenvalue weighted by atomic mass is 32.1. The largest absolute Gasteiger partial charge is 0.468 e. The molecule has 2 N–H and O–H groups in total. The van der Waals surface area contributed by atoms with E-state index in [1.54, 1.807) is 11.3 Å². The van der Waals surface area contributed by atoms with Gasteiger partial charge in [0.05, 0.1) is 7.11 Å². The number of hydrogen-bond acceptors (Lipinski definition) is 4. The van der Waals surface area contributed by atoms with Crippen molar-refractivity contribution in [3.63, 3.8) is 0 Å². The summed E-state index contributed by atoms with van der Waals surface area (Å²) in [5.74, 6) is -0.344. The Morgan fingerprint density at radius 2 is 2.19 bits per heavy atom. The first-order valence-electron chi connectivity index (χ1n) is 5.58. The fourth-order valence-corrected chi connectivity index (χ4v) is 2.59. The monoisotopic (exact) mass is 241 g/mol. The minimum atomic E-state index is -0.539. The molecule has 0 amide bonds. The Labute approximate surface area is 101 Å². The number of carbonyl (C=O) groups excluding carboxylic acids is 1. The van der Waals surface area contributed by atoms with Gasteiger partial charge in [-0.25, -0.2) is 0 Å². The Morgan fingerprint density at radius 1 is 1.50 bits per heavy atom. The van der Waals surface area contributed by atoms with E-state index in [4.69, 9.17) is 5.73 Å². The molecule has 0 aromatic carbocycles. The molecule has 0 aliphatic carbocycles. The zero-order chi connectivity index (χ0) is 12.0. The van der Waals surface area contributed by atoms with Gasteiger partial charge in [0.15, 0.2) is 0 Å². The summed E-state index contributed by atoms with van der Waals surface area (Å²) in [7, 11) is 1.36. The highest BCUT2D eigenvalue weighted by Crippen LogP contribution is 2.19. The summed E-state index contributed by atoms with van der Waals surface area (Å²) in [6, 6.07) is 3.64. The molecule has 0 saturated heterocycles. The lowest BCUT2D eigenvalue weighted by Crippen LogP contribution is -2.33. The van der Waals surface area contributed by atoms with Gasteiger partial charge in [-0.15, -0.1) is 11.3 Å². The van der Waals surface area contributed by atoms with E-state index in [0.29, 0.717) is 6.42 Å². The zero-order valence-electron chi connectivity index (χ0n) is 9.86. The second-order valence-corrected chi connectivity index (χ2v) is 5.06. The molecule has 1 heterocycles. The predicted molar refractivity (Wildman–Crippen MR) is 66.6 cm³/mol. The molecular formula is C12H19NO2S. The van der Waals surface area contributed by atoms with Crippen molar-refractivity contribution in [2.75, 3.05) is 7.11 Å². The molecule has 1 atom stereocenters. The molecule has 0 aliphatic rings. The highest BCUT2D eigenvalue weighted by molar-refractivity contribution is 7.12. The molecular weight excluding hydrogens is 222 g/mol. The smallest absolute Gasteiger partial charge is 0.323 e. The summed E-state index contributed by atoms with van der Waals surface area (Å²) >= 11 is 1.74. The van der Waals surface area contributed by atoms with Crippen LogP contribution in [0.1, 0.15) is 29.5 Å². The number of unbranched alkanes of at least 4 members (excludes halogenated alkanes) is 1. The first-order chi connectivity index (χ1) is 7.67. The third kappa shape index (κ3) is 3.94. The number of carbonyl (C=O) groups is 1. The normalized spacial score (nSPS) is 12.4. The van der Waals surface area contributed by atoms with Crippen LogP contribution in [-0.4, -0.2) is 19.1 Å². The second kappa shape index (κ2) is 6.66. The maximum absolute atomic E-state index is 11.2. The van der Waals surface area contributed by atoms with Crippen LogP contribution < -0.4 is 5.73 Å². The number of thiophene rings is 1. The van der Waals surface area contributed by atoms with Gasteiger partial charge in [-0.1, -0.05) is 13.3 Å². The van der Waals surface area contributed by atoms with Crippen molar-refractivity contribution in [2.45, 2.75) is 38.6 Å². The van der Waals surface area contributed by atoms with Crippen LogP contribution in [0.5, 0.6) is 0 Å². The first kappa shape index (κ1) is 13.2. The lowest BCUT2D eigenvalue weighted by atomic mass is 10.2. The van der Waals surface area contributed by atoms with Crippen LogP contribution in [-0.2, 0) is 22.4 Å². The number of nitrogens with two attached hydrogens (primary N) is 1. The lowest BCUT2D eigenvalue weighted by molar-refractivity contribution is -0.142. The minimum absolute atomic E-state index is 0.344. The Kier molecular flexibility index (Phi) is 5.49. The number of rotatable bonds is 6. The van der Waals surface area contributed by atoms with E-state index < -0.39 is 6.04 Å². The van der Waals surface area contributed by atoms with E-state index in [0.717, 1.165) is 11.3 Å². The maximum atomic E-state index is 11.2. The van der Waals surface area contributed by atoms with Gasteiger partial charge < -0.3 is 10.5 Å². The molecule has 1 rings (SSSR count). The Balaban J connectivity index is 2.48. The van der Waals surface area contributed by atoms with Gasteiger partial charge >= 0.3 is 5.97 Å². The van der Waals surface area contributed by atoms with E-state index in [1.165, 1.54) is 24.8 Å². The molecule has 90 valence electrons. The van der Waals surface area contributed by atoms with E-state index in [9.17, 15) is 4.79 Å². The number of hydrogen-bond donors (Lipinski definition) is 1. The van der Waals surface area contributed by atoms with Crippen LogP contribution in [0, 0.1) is 0 Å². The summed E-state index contributed by atoms with van der Waals surface area (Å²) in [6.45, 7) is 2.18. The van der Waals surface area contributed by atoms with Gasteiger partial charge in [0.2, 0.25) is 0 Å². The van der Waals surface area contributed by atoms with Crippen molar-refractivity contribution in [2.24, 2.45) is 5.73 Å². The first-order valence-corrected chi connectivity index (χ1v) is 6.40. The molecule has 1 unspecified atom stereocenters. The van der Waals surface area contributed by atoms with Crippen LogP contribution >= 0.6 is 11.3 Å². The lowest BCUT2D eigenvalue weighted by Gasteiger charge is -2.06. The Morgan fingerprint density at radius 3 is 2.81 bits per heavy atom. The summed E-state index contributed by atoms with van der Waals surface area (Å²) < 4.78 is 4.60. The Bertz CT molecular complexity index is 336. The molecule has 0 fully saturated rings. The molecule has 0 spiro atoms. The van der Waals surface area contributed by atoms with Gasteiger partial charge in [0, 0.05) is 16.2 Å². The van der Waals surface area contributed by atoms with Crippen LogP contribution in [0.2, 0.25) is 0 Å². The van der Waals surface area contributed by atoms with Crippen LogP contribution in [0.15, 0.2) is 12.1 Å². The molecule has 0 aliphatic heterocycles. The molecule has 16 heavy (non-hydrogen) atoms. The van der Waals surface area contributed by atoms with Crippen molar-refractivity contribution in [1.29, 1.82) is 0 Å². The van der Waals surface area contributed by atoms with Crippen molar-refractivity contribution in [1.82, 2.24) is 0 Å². The van der Waals surface area contributed by atoms with Crippen molar-refractivity contribution >= 4 is 17.3 Å².